The lowest BCUT2D eigenvalue weighted by Gasteiger charge is -2.46. The van der Waals surface area contributed by atoms with Crippen molar-refractivity contribution in [1.29, 1.82) is 0 Å². The van der Waals surface area contributed by atoms with Gasteiger partial charge in [0.25, 0.3) is 5.91 Å². The van der Waals surface area contributed by atoms with Gasteiger partial charge >= 0.3 is 0 Å². The molecule has 1 N–H and O–H groups in total. The van der Waals surface area contributed by atoms with E-state index in [4.69, 9.17) is 11.6 Å². The van der Waals surface area contributed by atoms with Gasteiger partial charge in [0.1, 0.15) is 0 Å². The number of nitrogens with zero attached hydrogens (tertiary/aromatic N) is 1. The van der Waals surface area contributed by atoms with E-state index < -0.39 is 11.1 Å². The predicted molar refractivity (Wildman–Crippen MR) is 93.6 cm³/mol. The van der Waals surface area contributed by atoms with E-state index in [0.29, 0.717) is 6.42 Å². The van der Waals surface area contributed by atoms with Crippen LogP contribution in [0.15, 0.2) is 66.2 Å². The summed E-state index contributed by atoms with van der Waals surface area (Å²) in [7, 11) is 0. The van der Waals surface area contributed by atoms with Gasteiger partial charge in [0, 0.05) is 18.0 Å². The SMILES string of the molecule is C=CCC(C)(/C=C\C)C1(O)C(Cl)=CC(=O)N1Cc1ccccc1. The Morgan fingerprint density at radius 1 is 1.39 bits per heavy atom. The number of carbonyl (C=O) groups excluding carboxylic acids is 1. The molecule has 0 saturated carbocycles. The summed E-state index contributed by atoms with van der Waals surface area (Å²) in [5, 5.41) is 11.6. The summed E-state index contributed by atoms with van der Waals surface area (Å²) in [6.45, 7) is 7.81. The van der Waals surface area contributed by atoms with Crippen molar-refractivity contribution in [3.63, 3.8) is 0 Å². The number of halogens is 1. The second-order valence-corrected chi connectivity index (χ2v) is 6.39. The summed E-state index contributed by atoms with van der Waals surface area (Å²) in [4.78, 5) is 13.8. The Bertz CT molecular complexity index is 653. The molecule has 122 valence electrons. The van der Waals surface area contributed by atoms with Gasteiger partial charge < -0.3 is 10.0 Å². The highest BCUT2D eigenvalue weighted by molar-refractivity contribution is 6.33. The molecule has 0 aliphatic carbocycles. The van der Waals surface area contributed by atoms with Gasteiger partial charge in [0.2, 0.25) is 0 Å². The van der Waals surface area contributed by atoms with E-state index >= 15 is 0 Å². The van der Waals surface area contributed by atoms with E-state index in [1.165, 1.54) is 11.0 Å². The Balaban J connectivity index is 2.48. The first-order valence-corrected chi connectivity index (χ1v) is 7.97. The molecule has 0 fully saturated rings. The van der Waals surface area contributed by atoms with Crippen molar-refractivity contribution >= 4 is 17.5 Å². The molecule has 1 aliphatic rings. The van der Waals surface area contributed by atoms with E-state index in [1.807, 2.05) is 56.3 Å². The van der Waals surface area contributed by atoms with Crippen molar-refractivity contribution in [3.8, 4) is 0 Å². The van der Waals surface area contributed by atoms with Crippen molar-refractivity contribution < 1.29 is 9.90 Å². The topological polar surface area (TPSA) is 40.5 Å². The van der Waals surface area contributed by atoms with Gasteiger partial charge in [-0.1, -0.05) is 67.1 Å². The predicted octanol–water partition coefficient (Wildman–Crippen LogP) is 4.00. The summed E-state index contributed by atoms with van der Waals surface area (Å²) in [6.07, 6.45) is 7.24. The van der Waals surface area contributed by atoms with Crippen molar-refractivity contribution in [2.75, 3.05) is 0 Å². The molecular weight excluding hydrogens is 310 g/mol. The molecule has 4 heteroatoms. The standard InChI is InChI=1S/C19H22ClNO2/c1-4-11-18(3,12-5-2)19(23)16(20)13-17(22)21(19)14-15-9-7-6-8-10-15/h4-10,12-13,23H,1,11,14H2,2-3H3/b12-5-. The van der Waals surface area contributed by atoms with Gasteiger partial charge in [-0.15, -0.1) is 6.58 Å². The minimum atomic E-state index is -1.60. The molecule has 1 heterocycles. The molecule has 2 rings (SSSR count). The van der Waals surface area contributed by atoms with Crippen LogP contribution in [-0.4, -0.2) is 21.6 Å². The number of hydrogen-bond donors (Lipinski definition) is 1. The lowest BCUT2D eigenvalue weighted by Crippen LogP contribution is -2.57. The molecule has 23 heavy (non-hydrogen) atoms. The summed E-state index contributed by atoms with van der Waals surface area (Å²) in [6, 6.07) is 9.55. The molecule has 2 unspecified atom stereocenters. The van der Waals surface area contributed by atoms with Crippen LogP contribution in [0.25, 0.3) is 0 Å². The second kappa shape index (κ2) is 6.73. The molecule has 1 amide bonds. The maximum Gasteiger partial charge on any atom is 0.250 e. The molecule has 1 aromatic rings. The number of carbonyl (C=O) groups is 1. The van der Waals surface area contributed by atoms with Crippen molar-refractivity contribution in [3.05, 3.63) is 71.8 Å². The first-order valence-electron chi connectivity index (χ1n) is 7.59. The smallest absolute Gasteiger partial charge is 0.250 e. The van der Waals surface area contributed by atoms with Crippen LogP contribution in [0.3, 0.4) is 0 Å². The zero-order valence-corrected chi connectivity index (χ0v) is 14.3. The summed E-state index contributed by atoms with van der Waals surface area (Å²) in [5.74, 6) is -0.291. The van der Waals surface area contributed by atoms with Gasteiger partial charge in [-0.2, -0.15) is 0 Å². The third kappa shape index (κ3) is 2.99. The van der Waals surface area contributed by atoms with Gasteiger partial charge in [-0.05, 0) is 18.9 Å². The van der Waals surface area contributed by atoms with E-state index in [9.17, 15) is 9.90 Å². The fourth-order valence-corrected chi connectivity index (χ4v) is 3.52. The fourth-order valence-electron chi connectivity index (χ4n) is 3.11. The average molecular weight is 332 g/mol. The molecule has 1 aliphatic heterocycles. The Morgan fingerprint density at radius 2 is 2.04 bits per heavy atom. The second-order valence-electron chi connectivity index (χ2n) is 5.98. The van der Waals surface area contributed by atoms with Crippen LogP contribution >= 0.6 is 11.6 Å². The highest BCUT2D eigenvalue weighted by atomic mass is 35.5. The van der Waals surface area contributed by atoms with E-state index in [0.717, 1.165) is 5.56 Å². The third-order valence-electron chi connectivity index (χ3n) is 4.32. The van der Waals surface area contributed by atoms with Crippen LogP contribution in [0.5, 0.6) is 0 Å². The monoisotopic (exact) mass is 331 g/mol. The minimum absolute atomic E-state index is 0.140. The largest absolute Gasteiger partial charge is 0.365 e. The molecule has 0 bridgehead atoms. The quantitative estimate of drug-likeness (QED) is 0.800. The molecule has 0 radical (unpaired) electrons. The van der Waals surface area contributed by atoms with Gasteiger partial charge in [0.05, 0.1) is 5.03 Å². The Kier molecular flexibility index (Phi) is 5.12. The van der Waals surface area contributed by atoms with Gasteiger partial charge in [0.15, 0.2) is 5.72 Å². The lowest BCUT2D eigenvalue weighted by atomic mass is 9.75. The Labute approximate surface area is 142 Å². The maximum absolute atomic E-state index is 12.4. The van der Waals surface area contributed by atoms with Crippen LogP contribution in [-0.2, 0) is 11.3 Å². The zero-order valence-electron chi connectivity index (χ0n) is 13.5. The Morgan fingerprint density at radius 3 is 2.61 bits per heavy atom. The van der Waals surface area contributed by atoms with Gasteiger partial charge in [-0.3, -0.25) is 4.79 Å². The van der Waals surface area contributed by atoms with Gasteiger partial charge in [-0.25, -0.2) is 0 Å². The van der Waals surface area contributed by atoms with Crippen molar-refractivity contribution in [1.82, 2.24) is 4.90 Å². The number of hydrogen-bond acceptors (Lipinski definition) is 2. The molecule has 2 atom stereocenters. The summed E-state index contributed by atoms with van der Waals surface area (Å²) >= 11 is 6.31. The highest BCUT2D eigenvalue weighted by Crippen LogP contribution is 2.48. The molecule has 0 saturated heterocycles. The Hall–Kier alpha value is -1.84. The molecule has 0 aromatic heterocycles. The van der Waals surface area contributed by atoms with Crippen LogP contribution in [0.1, 0.15) is 25.8 Å². The lowest BCUT2D eigenvalue weighted by molar-refractivity contribution is -0.161. The first-order chi connectivity index (χ1) is 10.9. The number of amides is 1. The van der Waals surface area contributed by atoms with Crippen LogP contribution < -0.4 is 0 Å². The van der Waals surface area contributed by atoms with Crippen molar-refractivity contribution in [2.45, 2.75) is 32.5 Å². The summed E-state index contributed by atoms with van der Waals surface area (Å²) < 4.78 is 0. The van der Waals surface area contributed by atoms with Crippen LogP contribution in [0, 0.1) is 5.41 Å². The average Bonchev–Trinajstić information content (AvgIpc) is 2.73. The zero-order chi connectivity index (χ0) is 17.1. The third-order valence-corrected chi connectivity index (χ3v) is 4.70. The molecule has 3 nitrogen and oxygen atoms in total. The molecular formula is C19H22ClNO2. The minimum Gasteiger partial charge on any atom is -0.365 e. The van der Waals surface area contributed by atoms with Crippen LogP contribution in [0.4, 0.5) is 0 Å². The highest BCUT2D eigenvalue weighted by Gasteiger charge is 2.56. The van der Waals surface area contributed by atoms with E-state index in [2.05, 4.69) is 6.58 Å². The number of benzene rings is 1. The number of aliphatic hydroxyl groups is 1. The number of rotatable bonds is 6. The maximum atomic E-state index is 12.4. The normalized spacial score (nSPS) is 23.9. The number of allylic oxidation sites excluding steroid dienone is 2. The van der Waals surface area contributed by atoms with E-state index in [-0.39, 0.29) is 17.5 Å². The first kappa shape index (κ1) is 17.5. The molecule has 1 aromatic carbocycles. The van der Waals surface area contributed by atoms with E-state index in [1.54, 1.807) is 6.08 Å². The van der Waals surface area contributed by atoms with Crippen molar-refractivity contribution in [2.24, 2.45) is 5.41 Å². The molecule has 0 spiro atoms. The summed E-state index contributed by atoms with van der Waals surface area (Å²) in [5.41, 5.74) is -1.43. The van der Waals surface area contributed by atoms with Crippen LogP contribution in [0.2, 0.25) is 0 Å². The fraction of sp³-hybridized carbons (Fsp3) is 0.316.